The first-order valence-electron chi connectivity index (χ1n) is 9.79. The second-order valence-electron chi connectivity index (χ2n) is 7.00. The average Bonchev–Trinajstić information content (AvgIpc) is 2.75. The summed E-state index contributed by atoms with van der Waals surface area (Å²) in [7, 11) is 0. The van der Waals surface area contributed by atoms with Gasteiger partial charge in [-0.25, -0.2) is 4.98 Å². The lowest BCUT2D eigenvalue weighted by Gasteiger charge is -2.14. The Morgan fingerprint density at radius 1 is 1.10 bits per heavy atom. The summed E-state index contributed by atoms with van der Waals surface area (Å²) in [5.74, 6) is 0.626. The molecule has 0 aliphatic heterocycles. The molecule has 3 aromatic rings. The highest BCUT2D eigenvalue weighted by Crippen LogP contribution is 2.36. The standard InChI is InChI=1S/C22H22N4O3/c27-26(28)20-21(23-14-13-16-7-2-1-3-8-16)24-15-25-22(20)29-19-12-6-10-17-9-4-5-11-18(17)19/h4-7,9-12,15H,1-3,8,13-14H2,(H,23,24,25). The fourth-order valence-corrected chi connectivity index (χ4v) is 3.59. The van der Waals surface area contributed by atoms with Gasteiger partial charge < -0.3 is 10.1 Å². The fourth-order valence-electron chi connectivity index (χ4n) is 3.59. The number of benzene rings is 2. The quantitative estimate of drug-likeness (QED) is 0.319. The number of nitrogens with one attached hydrogen (secondary N) is 1. The SMILES string of the molecule is O=[N+]([O-])c1c(NCCC2=CCCCC2)ncnc1Oc1cccc2ccccc12. The maximum Gasteiger partial charge on any atom is 0.373 e. The molecule has 2 aromatic carbocycles. The summed E-state index contributed by atoms with van der Waals surface area (Å²) in [5.41, 5.74) is 1.14. The largest absolute Gasteiger partial charge is 0.433 e. The number of hydrogen-bond acceptors (Lipinski definition) is 6. The third kappa shape index (κ3) is 4.34. The number of rotatable bonds is 7. The molecule has 1 heterocycles. The minimum absolute atomic E-state index is 0.0688. The Morgan fingerprint density at radius 3 is 2.79 bits per heavy atom. The lowest BCUT2D eigenvalue weighted by atomic mass is 9.97. The van der Waals surface area contributed by atoms with Crippen LogP contribution in [0.2, 0.25) is 0 Å². The fraction of sp³-hybridized carbons (Fsp3) is 0.273. The first kappa shape index (κ1) is 18.9. The summed E-state index contributed by atoms with van der Waals surface area (Å²) in [4.78, 5) is 19.4. The predicted molar refractivity (Wildman–Crippen MR) is 112 cm³/mol. The molecule has 0 radical (unpaired) electrons. The van der Waals surface area contributed by atoms with Crippen LogP contribution in [0.1, 0.15) is 32.1 Å². The van der Waals surface area contributed by atoms with Crippen molar-refractivity contribution in [1.29, 1.82) is 0 Å². The predicted octanol–water partition coefficient (Wildman–Crippen LogP) is 5.63. The summed E-state index contributed by atoms with van der Waals surface area (Å²) in [6.45, 7) is 0.581. The van der Waals surface area contributed by atoms with Crippen LogP contribution in [-0.4, -0.2) is 21.4 Å². The molecule has 4 rings (SSSR count). The zero-order valence-electron chi connectivity index (χ0n) is 16.0. The lowest BCUT2D eigenvalue weighted by Crippen LogP contribution is -2.09. The Kier molecular flexibility index (Phi) is 5.65. The highest BCUT2D eigenvalue weighted by molar-refractivity contribution is 5.88. The lowest BCUT2D eigenvalue weighted by molar-refractivity contribution is -0.385. The molecule has 0 spiro atoms. The van der Waals surface area contributed by atoms with Crippen molar-refractivity contribution < 1.29 is 9.66 Å². The van der Waals surface area contributed by atoms with Crippen molar-refractivity contribution in [2.45, 2.75) is 32.1 Å². The van der Waals surface area contributed by atoms with E-state index < -0.39 is 4.92 Å². The van der Waals surface area contributed by atoms with Crippen LogP contribution in [0.4, 0.5) is 11.5 Å². The van der Waals surface area contributed by atoms with Gasteiger partial charge in [-0.2, -0.15) is 4.98 Å². The molecule has 0 bridgehead atoms. The number of nitrogens with zero attached hydrogens (tertiary/aromatic N) is 3. The van der Waals surface area contributed by atoms with Crippen molar-refractivity contribution >= 4 is 22.3 Å². The van der Waals surface area contributed by atoms with Gasteiger partial charge in [0.1, 0.15) is 12.1 Å². The molecule has 7 heteroatoms. The van der Waals surface area contributed by atoms with E-state index in [1.165, 1.54) is 24.7 Å². The van der Waals surface area contributed by atoms with Gasteiger partial charge in [-0.05, 0) is 43.6 Å². The van der Waals surface area contributed by atoms with Crippen molar-refractivity contribution in [3.63, 3.8) is 0 Å². The van der Waals surface area contributed by atoms with E-state index in [2.05, 4.69) is 21.4 Å². The Bertz CT molecular complexity index is 1060. The van der Waals surface area contributed by atoms with Gasteiger partial charge in [0.25, 0.3) is 0 Å². The van der Waals surface area contributed by atoms with Crippen molar-refractivity contribution in [3.8, 4) is 11.6 Å². The second kappa shape index (κ2) is 8.68. The summed E-state index contributed by atoms with van der Waals surface area (Å²) in [6, 6.07) is 13.3. The van der Waals surface area contributed by atoms with Gasteiger partial charge in [-0.15, -0.1) is 0 Å². The highest BCUT2D eigenvalue weighted by Gasteiger charge is 2.25. The van der Waals surface area contributed by atoms with E-state index in [4.69, 9.17) is 4.74 Å². The molecule has 0 saturated heterocycles. The van der Waals surface area contributed by atoms with E-state index in [9.17, 15) is 10.1 Å². The Balaban J connectivity index is 1.58. The smallest absolute Gasteiger partial charge is 0.373 e. The van der Waals surface area contributed by atoms with Gasteiger partial charge in [0.05, 0.1) is 4.92 Å². The molecule has 148 valence electrons. The van der Waals surface area contributed by atoms with E-state index in [1.807, 2.05) is 36.4 Å². The monoisotopic (exact) mass is 390 g/mol. The molecular formula is C22H22N4O3. The molecule has 0 saturated carbocycles. The first-order valence-corrected chi connectivity index (χ1v) is 9.79. The van der Waals surface area contributed by atoms with E-state index in [1.54, 1.807) is 6.07 Å². The Labute approximate surface area is 168 Å². The Hall–Kier alpha value is -3.48. The topological polar surface area (TPSA) is 90.2 Å². The van der Waals surface area contributed by atoms with E-state index in [-0.39, 0.29) is 17.4 Å². The van der Waals surface area contributed by atoms with Gasteiger partial charge in [0.15, 0.2) is 0 Å². The van der Waals surface area contributed by atoms with Crippen LogP contribution in [0.3, 0.4) is 0 Å². The van der Waals surface area contributed by atoms with Gasteiger partial charge in [0.2, 0.25) is 5.82 Å². The summed E-state index contributed by atoms with van der Waals surface area (Å²) in [5, 5.41) is 16.7. The van der Waals surface area contributed by atoms with Gasteiger partial charge in [-0.1, -0.05) is 48.0 Å². The van der Waals surface area contributed by atoms with Crippen LogP contribution < -0.4 is 10.1 Å². The summed E-state index contributed by atoms with van der Waals surface area (Å²) < 4.78 is 5.88. The second-order valence-corrected chi connectivity index (χ2v) is 7.00. The summed E-state index contributed by atoms with van der Waals surface area (Å²) in [6.07, 6.45) is 9.08. The van der Waals surface area contributed by atoms with Crippen LogP contribution in [-0.2, 0) is 0 Å². The van der Waals surface area contributed by atoms with E-state index in [0.29, 0.717) is 12.3 Å². The zero-order chi connectivity index (χ0) is 20.1. The number of allylic oxidation sites excluding steroid dienone is 1. The molecule has 0 unspecified atom stereocenters. The van der Waals surface area contributed by atoms with E-state index in [0.717, 1.165) is 30.0 Å². The molecule has 1 N–H and O–H groups in total. The zero-order valence-corrected chi connectivity index (χ0v) is 16.0. The van der Waals surface area contributed by atoms with E-state index >= 15 is 0 Å². The molecule has 0 amide bonds. The number of anilines is 1. The van der Waals surface area contributed by atoms with Crippen LogP contribution in [0.15, 0.2) is 60.4 Å². The number of ether oxygens (including phenoxy) is 1. The molecule has 1 aromatic heterocycles. The third-order valence-corrected chi connectivity index (χ3v) is 5.05. The molecule has 29 heavy (non-hydrogen) atoms. The van der Waals surface area contributed by atoms with Crippen molar-refractivity contribution in [2.24, 2.45) is 0 Å². The minimum Gasteiger partial charge on any atom is -0.433 e. The van der Waals surface area contributed by atoms with Crippen molar-refractivity contribution in [2.75, 3.05) is 11.9 Å². The van der Waals surface area contributed by atoms with Crippen LogP contribution >= 0.6 is 0 Å². The van der Waals surface area contributed by atoms with Crippen LogP contribution in [0.25, 0.3) is 10.8 Å². The average molecular weight is 390 g/mol. The number of hydrogen-bond donors (Lipinski definition) is 1. The normalized spacial score (nSPS) is 13.7. The van der Waals surface area contributed by atoms with Crippen molar-refractivity contribution in [3.05, 3.63) is 70.6 Å². The summed E-state index contributed by atoms with van der Waals surface area (Å²) >= 11 is 0. The molecular weight excluding hydrogens is 368 g/mol. The van der Waals surface area contributed by atoms with Gasteiger partial charge in [-0.3, -0.25) is 10.1 Å². The minimum atomic E-state index is -0.497. The van der Waals surface area contributed by atoms with Crippen molar-refractivity contribution in [1.82, 2.24) is 9.97 Å². The molecule has 1 aliphatic rings. The molecule has 7 nitrogen and oxygen atoms in total. The molecule has 0 fully saturated rings. The highest BCUT2D eigenvalue weighted by atomic mass is 16.6. The molecule has 0 atom stereocenters. The maximum atomic E-state index is 11.8. The Morgan fingerprint density at radius 2 is 1.97 bits per heavy atom. The molecule has 1 aliphatic carbocycles. The van der Waals surface area contributed by atoms with Gasteiger partial charge in [0, 0.05) is 11.9 Å². The van der Waals surface area contributed by atoms with Crippen LogP contribution in [0, 0.1) is 10.1 Å². The van der Waals surface area contributed by atoms with Gasteiger partial charge >= 0.3 is 11.6 Å². The number of nitro groups is 1. The first-order chi connectivity index (χ1) is 14.2. The number of fused-ring (bicyclic) bond motifs is 1. The maximum absolute atomic E-state index is 11.8. The third-order valence-electron chi connectivity index (χ3n) is 5.05. The van der Waals surface area contributed by atoms with Crippen LogP contribution in [0.5, 0.6) is 11.6 Å². The number of aromatic nitrogens is 2.